The van der Waals surface area contributed by atoms with Gasteiger partial charge in [-0.25, -0.2) is 17.6 Å². The molecule has 3 rings (SSSR count). The maximum absolute atomic E-state index is 13.8. The molecule has 1 saturated carbocycles. The molecule has 0 bridgehead atoms. The minimum atomic E-state index is -1.14. The summed E-state index contributed by atoms with van der Waals surface area (Å²) in [5, 5.41) is 0. The molecular weight excluding hydrogens is 388 g/mol. The molecule has 162 valence electrons. The van der Waals surface area contributed by atoms with Gasteiger partial charge in [0.2, 0.25) is 0 Å². The summed E-state index contributed by atoms with van der Waals surface area (Å²) >= 11 is 0. The first-order chi connectivity index (χ1) is 14.6. The summed E-state index contributed by atoms with van der Waals surface area (Å²) in [6.07, 6.45) is 12.9. The first kappa shape index (κ1) is 22.6. The van der Waals surface area contributed by atoms with Crippen LogP contribution in [0.2, 0.25) is 0 Å². The van der Waals surface area contributed by atoms with Crippen molar-refractivity contribution in [2.45, 2.75) is 58.0 Å². The Bertz CT molecular complexity index is 794. The Balaban J connectivity index is 1.47. The second kappa shape index (κ2) is 11.3. The van der Waals surface area contributed by atoms with Crippen LogP contribution < -0.4 is 0 Å². The van der Waals surface area contributed by atoms with Crippen LogP contribution in [0, 0.1) is 23.5 Å². The average Bonchev–Trinajstić information content (AvgIpc) is 2.76. The molecule has 4 heteroatoms. The van der Waals surface area contributed by atoms with E-state index >= 15 is 0 Å². The van der Waals surface area contributed by atoms with Gasteiger partial charge in [-0.1, -0.05) is 62.1 Å². The fraction of sp³-hybridized carbons (Fsp3) is 0.462. The van der Waals surface area contributed by atoms with E-state index in [0.717, 1.165) is 43.1 Å². The molecule has 0 N–H and O–H groups in total. The topological polar surface area (TPSA) is 0 Å². The minimum absolute atomic E-state index is 0.368. The monoisotopic (exact) mass is 418 g/mol. The van der Waals surface area contributed by atoms with E-state index in [9.17, 15) is 17.6 Å². The van der Waals surface area contributed by atoms with E-state index in [0.29, 0.717) is 5.56 Å². The zero-order valence-electron chi connectivity index (χ0n) is 17.4. The lowest BCUT2D eigenvalue weighted by atomic mass is 9.78. The van der Waals surface area contributed by atoms with E-state index in [1.807, 2.05) is 30.3 Å². The number of aryl methyl sites for hydroxylation is 1. The van der Waals surface area contributed by atoms with Gasteiger partial charge in [-0.2, -0.15) is 0 Å². The quantitative estimate of drug-likeness (QED) is 0.285. The summed E-state index contributed by atoms with van der Waals surface area (Å²) in [5.41, 5.74) is 1.86. The molecule has 0 saturated heterocycles. The maximum atomic E-state index is 13.8. The number of halogens is 4. The lowest BCUT2D eigenvalue weighted by Gasteiger charge is -2.28. The Morgan fingerprint density at radius 1 is 0.767 bits per heavy atom. The van der Waals surface area contributed by atoms with Crippen molar-refractivity contribution in [3.63, 3.8) is 0 Å². The van der Waals surface area contributed by atoms with Crippen molar-refractivity contribution in [3.05, 3.63) is 71.3 Å². The van der Waals surface area contributed by atoms with Crippen molar-refractivity contribution in [1.29, 1.82) is 0 Å². The fourth-order valence-corrected chi connectivity index (χ4v) is 4.45. The molecule has 0 heterocycles. The van der Waals surface area contributed by atoms with E-state index in [4.69, 9.17) is 0 Å². The summed E-state index contributed by atoms with van der Waals surface area (Å²) in [6.45, 7) is -1.51. The maximum Gasteiger partial charge on any atom is 0.132 e. The molecule has 0 unspecified atom stereocenters. The lowest BCUT2D eigenvalue weighted by molar-refractivity contribution is 0.254. The third-order valence-electron chi connectivity index (χ3n) is 6.37. The van der Waals surface area contributed by atoms with Crippen molar-refractivity contribution in [3.8, 4) is 11.1 Å². The smallest absolute Gasteiger partial charge is 0.132 e. The number of alkyl halides is 2. The largest absolute Gasteiger partial charge is 0.247 e. The van der Waals surface area contributed by atoms with Crippen LogP contribution in [-0.4, -0.2) is 6.67 Å². The van der Waals surface area contributed by atoms with Crippen LogP contribution >= 0.6 is 0 Å². The Kier molecular flexibility index (Phi) is 8.53. The van der Waals surface area contributed by atoms with Gasteiger partial charge in [0.1, 0.15) is 25.0 Å². The summed E-state index contributed by atoms with van der Waals surface area (Å²) in [7, 11) is 0. The van der Waals surface area contributed by atoms with Gasteiger partial charge in [0, 0.05) is 0 Å². The number of hydrogen-bond donors (Lipinski definition) is 0. The molecule has 0 aromatic heterocycles. The molecule has 1 aliphatic rings. The first-order valence-corrected chi connectivity index (χ1v) is 10.9. The van der Waals surface area contributed by atoms with Gasteiger partial charge in [0.25, 0.3) is 0 Å². The van der Waals surface area contributed by atoms with Crippen LogP contribution in [0.4, 0.5) is 17.6 Å². The molecule has 2 aromatic carbocycles. The Labute approximate surface area is 177 Å². The molecule has 0 aliphatic heterocycles. The van der Waals surface area contributed by atoms with Crippen molar-refractivity contribution in [1.82, 2.24) is 0 Å². The molecule has 0 spiro atoms. The number of hydrogen-bond acceptors (Lipinski definition) is 0. The third-order valence-corrected chi connectivity index (χ3v) is 6.37. The predicted molar refractivity (Wildman–Crippen MR) is 115 cm³/mol. The molecule has 0 nitrogen and oxygen atoms in total. The molecular formula is C26H30F4. The van der Waals surface area contributed by atoms with Gasteiger partial charge in [0.05, 0.1) is 5.56 Å². The highest BCUT2D eigenvalue weighted by Crippen LogP contribution is 2.34. The standard InChI is InChI=1S/C26H30F4/c27-15-3-1-2-4-19-5-7-20(8-6-19)9-10-21-11-13-22(14-12-21)23-16-25(29)24(18-28)26(30)17-23/h1,3,11-14,16-17,19-20H,2,4-10,15,18H2/b3-1+/t19-,20-. The molecule has 30 heavy (non-hydrogen) atoms. The fourth-order valence-electron chi connectivity index (χ4n) is 4.45. The van der Waals surface area contributed by atoms with E-state index in [-0.39, 0.29) is 6.67 Å². The van der Waals surface area contributed by atoms with Crippen molar-refractivity contribution in [2.24, 2.45) is 11.8 Å². The summed E-state index contributed by atoms with van der Waals surface area (Å²) in [5.74, 6) is -0.163. The minimum Gasteiger partial charge on any atom is -0.247 e. The zero-order chi connectivity index (χ0) is 21.3. The van der Waals surface area contributed by atoms with Crippen molar-refractivity contribution >= 4 is 0 Å². The summed E-state index contributed by atoms with van der Waals surface area (Å²) in [4.78, 5) is 0. The van der Waals surface area contributed by atoms with E-state index < -0.39 is 23.9 Å². The number of benzene rings is 2. The first-order valence-electron chi connectivity index (χ1n) is 10.9. The Morgan fingerprint density at radius 3 is 1.93 bits per heavy atom. The van der Waals surface area contributed by atoms with Crippen molar-refractivity contribution in [2.75, 3.05) is 6.67 Å². The lowest BCUT2D eigenvalue weighted by Crippen LogP contribution is -2.15. The van der Waals surface area contributed by atoms with E-state index in [1.165, 1.54) is 43.4 Å². The number of allylic oxidation sites excluding steroid dienone is 2. The highest BCUT2D eigenvalue weighted by molar-refractivity contribution is 5.64. The molecule has 0 atom stereocenters. The zero-order valence-corrected chi connectivity index (χ0v) is 17.4. The molecule has 2 aromatic rings. The van der Waals surface area contributed by atoms with E-state index in [2.05, 4.69) is 0 Å². The van der Waals surface area contributed by atoms with Gasteiger partial charge in [-0.05, 0) is 66.3 Å². The third kappa shape index (κ3) is 6.20. The van der Waals surface area contributed by atoms with Crippen LogP contribution in [0.1, 0.15) is 56.1 Å². The van der Waals surface area contributed by atoms with Crippen LogP contribution in [0.3, 0.4) is 0 Å². The van der Waals surface area contributed by atoms with Gasteiger partial charge < -0.3 is 0 Å². The Hall–Kier alpha value is -2.10. The highest BCUT2D eigenvalue weighted by Gasteiger charge is 2.20. The second-order valence-corrected chi connectivity index (χ2v) is 8.38. The second-order valence-electron chi connectivity index (χ2n) is 8.38. The van der Waals surface area contributed by atoms with Crippen LogP contribution in [-0.2, 0) is 13.1 Å². The van der Waals surface area contributed by atoms with Crippen LogP contribution in [0.15, 0.2) is 48.6 Å². The van der Waals surface area contributed by atoms with Crippen LogP contribution in [0.5, 0.6) is 0 Å². The molecule has 0 amide bonds. The highest BCUT2D eigenvalue weighted by atomic mass is 19.1. The summed E-state index contributed by atoms with van der Waals surface area (Å²) in [6, 6.07) is 10.2. The van der Waals surface area contributed by atoms with Gasteiger partial charge in [-0.3, -0.25) is 0 Å². The van der Waals surface area contributed by atoms with Gasteiger partial charge >= 0.3 is 0 Å². The molecule has 1 aliphatic carbocycles. The van der Waals surface area contributed by atoms with Crippen molar-refractivity contribution < 1.29 is 17.6 Å². The SMILES string of the molecule is FC/C=C/CC[C@H]1CC[C@H](CCc2ccc(-c3cc(F)c(CF)c(F)c3)cc2)CC1. The van der Waals surface area contributed by atoms with Gasteiger partial charge in [-0.15, -0.1) is 0 Å². The normalized spacial score (nSPS) is 19.5. The van der Waals surface area contributed by atoms with Crippen LogP contribution in [0.25, 0.3) is 11.1 Å². The molecule has 0 radical (unpaired) electrons. The predicted octanol–water partition coefficient (Wildman–Crippen LogP) is 8.15. The Morgan fingerprint density at radius 2 is 1.37 bits per heavy atom. The van der Waals surface area contributed by atoms with E-state index in [1.54, 1.807) is 6.08 Å². The summed E-state index contributed by atoms with van der Waals surface area (Å²) < 4.78 is 52.4. The number of rotatable bonds is 9. The van der Waals surface area contributed by atoms with Gasteiger partial charge in [0.15, 0.2) is 0 Å². The molecule has 1 fully saturated rings. The average molecular weight is 419 g/mol.